The average Bonchev–Trinajstić information content (AvgIpc) is 2.58. The van der Waals surface area contributed by atoms with E-state index in [1.807, 2.05) is 48.7 Å². The first-order chi connectivity index (χ1) is 11.3. The molecule has 2 heterocycles. The molecule has 0 bridgehead atoms. The van der Waals surface area contributed by atoms with Gasteiger partial charge in [0.2, 0.25) is 0 Å². The van der Waals surface area contributed by atoms with Crippen molar-refractivity contribution in [2.24, 2.45) is 0 Å². The maximum Gasteiger partial charge on any atom is 0.319 e. The number of nitrogens with one attached hydrogen (secondary N) is 2. The van der Waals surface area contributed by atoms with Gasteiger partial charge in [-0.25, -0.2) is 4.79 Å². The molecule has 0 atom stereocenters. The van der Waals surface area contributed by atoms with Gasteiger partial charge in [-0.05, 0) is 37.1 Å². The Balaban J connectivity index is 1.41. The molecule has 2 aromatic rings. The van der Waals surface area contributed by atoms with Gasteiger partial charge in [-0.3, -0.25) is 9.88 Å². The zero-order valence-corrected chi connectivity index (χ0v) is 13.1. The van der Waals surface area contributed by atoms with Gasteiger partial charge in [0.1, 0.15) is 0 Å². The van der Waals surface area contributed by atoms with Crippen molar-refractivity contribution >= 4 is 11.7 Å². The third-order valence-electron chi connectivity index (χ3n) is 4.07. The Hall–Kier alpha value is -2.40. The third-order valence-corrected chi connectivity index (χ3v) is 4.07. The van der Waals surface area contributed by atoms with E-state index in [2.05, 4.69) is 26.6 Å². The standard InChI is InChI=1S/C18H22N4O/c23-18(20-15-6-2-1-3-7-15)21-16-9-12-22(13-10-16)14-17-8-4-5-11-19-17/h1-8,11,16H,9-10,12-14H2,(H2,20,21,23). The smallest absolute Gasteiger partial charge is 0.319 e. The molecule has 2 N–H and O–H groups in total. The number of carbonyl (C=O) groups is 1. The molecule has 5 nitrogen and oxygen atoms in total. The van der Waals surface area contributed by atoms with Gasteiger partial charge in [0.25, 0.3) is 0 Å². The minimum Gasteiger partial charge on any atom is -0.335 e. The van der Waals surface area contributed by atoms with Crippen LogP contribution < -0.4 is 10.6 Å². The largest absolute Gasteiger partial charge is 0.335 e. The van der Waals surface area contributed by atoms with E-state index in [1.54, 1.807) is 0 Å². The van der Waals surface area contributed by atoms with Crippen LogP contribution in [-0.4, -0.2) is 35.0 Å². The van der Waals surface area contributed by atoms with Crippen LogP contribution in [0.5, 0.6) is 0 Å². The molecule has 23 heavy (non-hydrogen) atoms. The molecule has 1 aliphatic rings. The third kappa shape index (κ3) is 4.79. The van der Waals surface area contributed by atoms with Crippen molar-refractivity contribution in [1.82, 2.24) is 15.2 Å². The molecule has 5 heteroatoms. The Morgan fingerprint density at radius 3 is 2.52 bits per heavy atom. The molecule has 1 saturated heterocycles. The molecule has 0 saturated carbocycles. The van der Waals surface area contributed by atoms with Crippen molar-refractivity contribution in [3.8, 4) is 0 Å². The molecule has 120 valence electrons. The summed E-state index contributed by atoms with van der Waals surface area (Å²) in [5.74, 6) is 0. The van der Waals surface area contributed by atoms with Gasteiger partial charge < -0.3 is 10.6 Å². The van der Waals surface area contributed by atoms with Crippen LogP contribution in [-0.2, 0) is 6.54 Å². The second-order valence-electron chi connectivity index (χ2n) is 5.84. The van der Waals surface area contributed by atoms with Crippen molar-refractivity contribution in [3.63, 3.8) is 0 Å². The highest BCUT2D eigenvalue weighted by Crippen LogP contribution is 2.13. The highest BCUT2D eigenvalue weighted by molar-refractivity contribution is 5.89. The summed E-state index contributed by atoms with van der Waals surface area (Å²) in [5.41, 5.74) is 1.92. The van der Waals surface area contributed by atoms with Crippen molar-refractivity contribution in [2.45, 2.75) is 25.4 Å². The minimum absolute atomic E-state index is 0.126. The number of hydrogen-bond acceptors (Lipinski definition) is 3. The number of para-hydroxylation sites is 1. The fourth-order valence-corrected chi connectivity index (χ4v) is 2.83. The average molecular weight is 310 g/mol. The molecule has 0 radical (unpaired) electrons. The lowest BCUT2D eigenvalue weighted by molar-refractivity contribution is 0.188. The summed E-state index contributed by atoms with van der Waals surface area (Å²) in [7, 11) is 0. The lowest BCUT2D eigenvalue weighted by Crippen LogP contribution is -2.45. The lowest BCUT2D eigenvalue weighted by Gasteiger charge is -2.32. The number of amides is 2. The van der Waals surface area contributed by atoms with Crippen LogP contribution >= 0.6 is 0 Å². The lowest BCUT2D eigenvalue weighted by atomic mass is 10.1. The number of pyridine rings is 1. The Bertz CT molecular complexity index is 609. The Labute approximate surface area is 136 Å². The number of nitrogens with zero attached hydrogens (tertiary/aromatic N) is 2. The minimum atomic E-state index is -0.126. The van der Waals surface area contributed by atoms with E-state index >= 15 is 0 Å². The molecule has 0 aliphatic carbocycles. The van der Waals surface area contributed by atoms with E-state index in [1.165, 1.54) is 0 Å². The Morgan fingerprint density at radius 2 is 1.83 bits per heavy atom. The molecule has 1 aromatic heterocycles. The molecule has 1 aromatic carbocycles. The van der Waals surface area contributed by atoms with Crippen LogP contribution in [0.1, 0.15) is 18.5 Å². The number of aromatic nitrogens is 1. The summed E-state index contributed by atoms with van der Waals surface area (Å²) in [6.07, 6.45) is 3.77. The molecular weight excluding hydrogens is 288 g/mol. The second kappa shape index (κ2) is 7.74. The maximum absolute atomic E-state index is 12.0. The summed E-state index contributed by atoms with van der Waals surface area (Å²) in [6.45, 7) is 2.84. The quantitative estimate of drug-likeness (QED) is 0.913. The van der Waals surface area contributed by atoms with Crippen LogP contribution in [0.25, 0.3) is 0 Å². The van der Waals surface area contributed by atoms with Crippen LogP contribution in [0.2, 0.25) is 0 Å². The first-order valence-electron chi connectivity index (χ1n) is 8.04. The zero-order chi connectivity index (χ0) is 15.9. The summed E-state index contributed by atoms with van der Waals surface area (Å²) in [6, 6.07) is 15.6. The fourth-order valence-electron chi connectivity index (χ4n) is 2.83. The normalized spacial score (nSPS) is 16.0. The predicted molar refractivity (Wildman–Crippen MR) is 91.1 cm³/mol. The van der Waals surface area contributed by atoms with E-state index in [0.29, 0.717) is 0 Å². The first-order valence-corrected chi connectivity index (χ1v) is 8.04. The van der Waals surface area contributed by atoms with Crippen LogP contribution in [0, 0.1) is 0 Å². The predicted octanol–water partition coefficient (Wildman–Crippen LogP) is 2.87. The van der Waals surface area contributed by atoms with Gasteiger partial charge in [0.05, 0.1) is 5.69 Å². The summed E-state index contributed by atoms with van der Waals surface area (Å²) < 4.78 is 0. The highest BCUT2D eigenvalue weighted by atomic mass is 16.2. The molecule has 0 unspecified atom stereocenters. The van der Waals surface area contributed by atoms with Gasteiger partial charge in [-0.1, -0.05) is 24.3 Å². The Morgan fingerprint density at radius 1 is 1.09 bits per heavy atom. The van der Waals surface area contributed by atoms with Crippen molar-refractivity contribution < 1.29 is 4.79 Å². The van der Waals surface area contributed by atoms with E-state index < -0.39 is 0 Å². The summed E-state index contributed by atoms with van der Waals surface area (Å²) in [4.78, 5) is 18.8. The van der Waals surface area contributed by atoms with Gasteiger partial charge >= 0.3 is 6.03 Å². The fraction of sp³-hybridized carbons (Fsp3) is 0.333. The number of rotatable bonds is 4. The van der Waals surface area contributed by atoms with Gasteiger partial charge in [0, 0.05) is 37.6 Å². The van der Waals surface area contributed by atoms with E-state index in [4.69, 9.17) is 0 Å². The SMILES string of the molecule is O=C(Nc1ccccc1)NC1CCN(Cc2ccccn2)CC1. The van der Waals surface area contributed by atoms with Crippen molar-refractivity contribution in [1.29, 1.82) is 0 Å². The highest BCUT2D eigenvalue weighted by Gasteiger charge is 2.20. The number of urea groups is 1. The van der Waals surface area contributed by atoms with E-state index in [-0.39, 0.29) is 12.1 Å². The number of benzene rings is 1. The van der Waals surface area contributed by atoms with Crippen LogP contribution in [0.3, 0.4) is 0 Å². The summed E-state index contributed by atoms with van der Waals surface area (Å²) in [5, 5.41) is 5.93. The molecule has 3 rings (SSSR count). The van der Waals surface area contributed by atoms with Gasteiger partial charge in [-0.15, -0.1) is 0 Å². The molecular formula is C18H22N4O. The van der Waals surface area contributed by atoms with Crippen LogP contribution in [0.4, 0.5) is 10.5 Å². The number of anilines is 1. The maximum atomic E-state index is 12.0. The van der Waals surface area contributed by atoms with Crippen molar-refractivity contribution in [3.05, 3.63) is 60.4 Å². The number of likely N-dealkylation sites (tertiary alicyclic amines) is 1. The molecule has 1 aliphatic heterocycles. The van der Waals surface area contributed by atoms with Gasteiger partial charge in [-0.2, -0.15) is 0 Å². The Kier molecular flexibility index (Phi) is 5.21. The monoisotopic (exact) mass is 310 g/mol. The number of hydrogen-bond donors (Lipinski definition) is 2. The molecule has 1 fully saturated rings. The first kappa shape index (κ1) is 15.5. The molecule has 2 amide bonds. The van der Waals surface area contributed by atoms with E-state index in [0.717, 1.165) is 43.9 Å². The number of piperidine rings is 1. The zero-order valence-electron chi connectivity index (χ0n) is 13.1. The molecule has 0 spiro atoms. The topological polar surface area (TPSA) is 57.3 Å². The van der Waals surface area contributed by atoms with Crippen LogP contribution in [0.15, 0.2) is 54.7 Å². The van der Waals surface area contributed by atoms with E-state index in [9.17, 15) is 4.79 Å². The van der Waals surface area contributed by atoms with Crippen molar-refractivity contribution in [2.75, 3.05) is 18.4 Å². The van der Waals surface area contributed by atoms with Gasteiger partial charge in [0.15, 0.2) is 0 Å². The second-order valence-corrected chi connectivity index (χ2v) is 5.84. The number of carbonyl (C=O) groups excluding carboxylic acids is 1. The summed E-state index contributed by atoms with van der Waals surface area (Å²) >= 11 is 0.